The summed E-state index contributed by atoms with van der Waals surface area (Å²) < 4.78 is 9.10. The molecule has 1 aromatic carbocycles. The molecule has 0 aromatic heterocycles. The van der Waals surface area contributed by atoms with Crippen LogP contribution in [-0.2, 0) is 4.57 Å². The largest absolute Gasteiger partial charge is 0.397 e. The van der Waals surface area contributed by atoms with Gasteiger partial charge in [0.05, 0.1) is 11.4 Å². The first-order valence-corrected chi connectivity index (χ1v) is 4.93. The van der Waals surface area contributed by atoms with Crippen LogP contribution in [0.2, 0.25) is 0 Å². The van der Waals surface area contributed by atoms with Crippen LogP contribution in [0.1, 0.15) is 0 Å². The maximum Gasteiger partial charge on any atom is 0.397 e. The van der Waals surface area contributed by atoms with Crippen molar-refractivity contribution in [2.75, 3.05) is 11.5 Å². The third-order valence-corrected chi connectivity index (χ3v) is 0.996. The number of para-hydroxylation sites is 2. The minimum Gasteiger partial charge on any atom is -0.397 e. The smallest absolute Gasteiger partial charge is 0.397 e. The lowest BCUT2D eigenvalue weighted by Crippen LogP contribution is -1.91. The molecule has 0 radical (unpaired) electrons. The standard InChI is InChI=1S/C6H8N2.H4NO3P/c7-5-3-1-2-4-6(5)8;1-5(2,3)4/h1-4H,7-8H2;(H4,1,2,3,4). The summed E-state index contributed by atoms with van der Waals surface area (Å²) in [5.74, 6) is 0. The van der Waals surface area contributed by atoms with Gasteiger partial charge in [-0.05, 0) is 12.1 Å². The van der Waals surface area contributed by atoms with E-state index in [2.05, 4.69) is 5.50 Å². The number of benzene rings is 1. The highest BCUT2D eigenvalue weighted by Crippen LogP contribution is 2.20. The second kappa shape index (κ2) is 4.84. The van der Waals surface area contributed by atoms with Gasteiger partial charge >= 0.3 is 7.75 Å². The Bertz CT molecular complexity index is 282. The Hall–Kier alpha value is -1.07. The fraction of sp³-hybridized carbons (Fsp3) is 0. The summed E-state index contributed by atoms with van der Waals surface area (Å²) in [5, 5.41) is 0. The number of anilines is 2. The number of hydrogen-bond acceptors (Lipinski definition) is 3. The quantitative estimate of drug-likeness (QED) is 0.296. The average Bonchev–Trinajstić information content (AvgIpc) is 1.92. The minimum atomic E-state index is -4.14. The first kappa shape index (κ1) is 11.9. The Morgan fingerprint density at radius 1 is 1.08 bits per heavy atom. The van der Waals surface area contributed by atoms with Gasteiger partial charge in [0.15, 0.2) is 0 Å². The van der Waals surface area contributed by atoms with Crippen molar-refractivity contribution in [1.29, 1.82) is 0 Å². The van der Waals surface area contributed by atoms with Crippen LogP contribution in [0.5, 0.6) is 0 Å². The molecular formula is C6H12N3O3P. The molecule has 0 fully saturated rings. The molecule has 0 spiro atoms. The summed E-state index contributed by atoms with van der Waals surface area (Å²) in [5.41, 5.74) is 16.1. The molecule has 8 N–H and O–H groups in total. The predicted molar refractivity (Wildman–Crippen MR) is 51.5 cm³/mol. The van der Waals surface area contributed by atoms with Crippen LogP contribution in [-0.4, -0.2) is 9.79 Å². The molecule has 0 saturated carbocycles. The third-order valence-electron chi connectivity index (χ3n) is 0.996. The predicted octanol–water partition coefficient (Wildman–Crippen LogP) is -0.111. The van der Waals surface area contributed by atoms with Crippen LogP contribution in [0.15, 0.2) is 24.3 Å². The summed E-state index contributed by atoms with van der Waals surface area (Å²) >= 11 is 0. The van der Waals surface area contributed by atoms with Crippen molar-refractivity contribution < 1.29 is 14.4 Å². The summed E-state index contributed by atoms with van der Waals surface area (Å²) in [6.45, 7) is 0. The van der Waals surface area contributed by atoms with Crippen LogP contribution in [0.3, 0.4) is 0 Å². The molecular weight excluding hydrogens is 193 g/mol. The Morgan fingerprint density at radius 2 is 1.31 bits per heavy atom. The Labute approximate surface area is 75.6 Å². The zero-order chi connectivity index (χ0) is 10.5. The van der Waals surface area contributed by atoms with Crippen LogP contribution in [0.25, 0.3) is 0 Å². The van der Waals surface area contributed by atoms with Gasteiger partial charge in [0, 0.05) is 0 Å². The third kappa shape index (κ3) is 8.84. The number of rotatable bonds is 0. The van der Waals surface area contributed by atoms with E-state index in [1.54, 1.807) is 12.1 Å². The Balaban J connectivity index is 0.000000252. The summed E-state index contributed by atoms with van der Waals surface area (Å²) in [4.78, 5) is 14.8. The maximum atomic E-state index is 9.10. The monoisotopic (exact) mass is 205 g/mol. The normalized spacial score (nSPS) is 10.1. The summed E-state index contributed by atoms with van der Waals surface area (Å²) in [6.07, 6.45) is 0. The zero-order valence-corrected chi connectivity index (χ0v) is 7.69. The first-order chi connectivity index (χ1) is 5.80. The molecule has 13 heavy (non-hydrogen) atoms. The number of nitrogens with two attached hydrogens (primary N) is 3. The van der Waals surface area contributed by atoms with E-state index in [1.165, 1.54) is 0 Å². The molecule has 0 aliphatic carbocycles. The molecule has 7 heteroatoms. The van der Waals surface area contributed by atoms with Crippen LogP contribution in [0.4, 0.5) is 11.4 Å². The van der Waals surface area contributed by atoms with Crippen molar-refractivity contribution in [3.63, 3.8) is 0 Å². The van der Waals surface area contributed by atoms with Gasteiger partial charge in [-0.15, -0.1) is 0 Å². The van der Waals surface area contributed by atoms with Crippen molar-refractivity contribution in [3.8, 4) is 0 Å². The second-order valence-electron chi connectivity index (χ2n) is 2.22. The fourth-order valence-corrected chi connectivity index (χ4v) is 0.511. The van der Waals surface area contributed by atoms with Gasteiger partial charge in [0.2, 0.25) is 0 Å². The van der Waals surface area contributed by atoms with Gasteiger partial charge in [0.1, 0.15) is 0 Å². The topological polar surface area (TPSA) is 136 Å². The molecule has 6 nitrogen and oxygen atoms in total. The number of hydrogen-bond donors (Lipinski definition) is 5. The molecule has 0 atom stereocenters. The molecule has 0 heterocycles. The lowest BCUT2D eigenvalue weighted by atomic mass is 10.3. The maximum absolute atomic E-state index is 9.10. The van der Waals surface area contributed by atoms with Gasteiger partial charge in [-0.3, -0.25) is 0 Å². The van der Waals surface area contributed by atoms with E-state index in [-0.39, 0.29) is 0 Å². The molecule has 0 bridgehead atoms. The van der Waals surface area contributed by atoms with Crippen LogP contribution >= 0.6 is 7.75 Å². The van der Waals surface area contributed by atoms with Crippen molar-refractivity contribution in [1.82, 2.24) is 0 Å². The SMILES string of the molecule is NP(=O)(O)O.Nc1ccccc1N. The van der Waals surface area contributed by atoms with Crippen molar-refractivity contribution in [2.24, 2.45) is 5.50 Å². The van der Waals surface area contributed by atoms with Gasteiger partial charge in [0.25, 0.3) is 0 Å². The van der Waals surface area contributed by atoms with Crippen LogP contribution in [0, 0.1) is 0 Å². The van der Waals surface area contributed by atoms with Gasteiger partial charge in [-0.25, -0.2) is 10.1 Å². The molecule has 0 amide bonds. The second-order valence-corrected chi connectivity index (χ2v) is 3.40. The minimum absolute atomic E-state index is 0.646. The molecule has 0 aliphatic rings. The van der Waals surface area contributed by atoms with E-state index in [4.69, 9.17) is 25.8 Å². The van der Waals surface area contributed by atoms with E-state index in [1.807, 2.05) is 12.1 Å². The molecule has 1 aromatic rings. The van der Waals surface area contributed by atoms with Gasteiger partial charge < -0.3 is 21.3 Å². The highest BCUT2D eigenvalue weighted by Gasteiger charge is 1.96. The van der Waals surface area contributed by atoms with Gasteiger partial charge in [-0.2, -0.15) is 0 Å². The Kier molecular flexibility index (Phi) is 4.44. The van der Waals surface area contributed by atoms with E-state index >= 15 is 0 Å². The lowest BCUT2D eigenvalue weighted by molar-refractivity contribution is 0.374. The molecule has 74 valence electrons. The highest BCUT2D eigenvalue weighted by molar-refractivity contribution is 7.49. The highest BCUT2D eigenvalue weighted by atomic mass is 31.2. The Morgan fingerprint density at radius 3 is 1.46 bits per heavy atom. The average molecular weight is 205 g/mol. The fourth-order valence-electron chi connectivity index (χ4n) is 0.511. The lowest BCUT2D eigenvalue weighted by Gasteiger charge is -1.94. The van der Waals surface area contributed by atoms with E-state index in [0.29, 0.717) is 11.4 Å². The summed E-state index contributed by atoms with van der Waals surface area (Å²) in [7, 11) is -4.14. The molecule has 0 aliphatic heterocycles. The van der Waals surface area contributed by atoms with Crippen molar-refractivity contribution >= 4 is 19.1 Å². The summed E-state index contributed by atoms with van der Waals surface area (Å²) in [6, 6.07) is 7.25. The number of nitrogen functional groups attached to an aromatic ring is 2. The van der Waals surface area contributed by atoms with Crippen LogP contribution < -0.4 is 17.0 Å². The zero-order valence-electron chi connectivity index (χ0n) is 6.79. The molecule has 0 unspecified atom stereocenters. The van der Waals surface area contributed by atoms with Crippen molar-refractivity contribution in [3.05, 3.63) is 24.3 Å². The van der Waals surface area contributed by atoms with E-state index in [0.717, 1.165) is 0 Å². The van der Waals surface area contributed by atoms with E-state index in [9.17, 15) is 0 Å². The molecule has 0 saturated heterocycles. The van der Waals surface area contributed by atoms with E-state index < -0.39 is 7.75 Å². The van der Waals surface area contributed by atoms with Crippen molar-refractivity contribution in [2.45, 2.75) is 0 Å². The van der Waals surface area contributed by atoms with Gasteiger partial charge in [-0.1, -0.05) is 12.1 Å². The molecule has 1 rings (SSSR count). The first-order valence-electron chi connectivity index (χ1n) is 3.25.